The predicted molar refractivity (Wildman–Crippen MR) is 98.0 cm³/mol. The Kier molecular flexibility index (Phi) is 3.97. The number of hydrogen-bond acceptors (Lipinski definition) is 3. The molecule has 1 aliphatic rings. The third kappa shape index (κ3) is 2.78. The highest BCUT2D eigenvalue weighted by Gasteiger charge is 2.37. The fourth-order valence-corrected chi connectivity index (χ4v) is 3.31. The van der Waals surface area contributed by atoms with Crippen molar-refractivity contribution >= 4 is 33.2 Å². The maximum absolute atomic E-state index is 14.3. The quantitative estimate of drug-likeness (QED) is 0.693. The molecule has 4 nitrogen and oxygen atoms in total. The SMILES string of the molecule is O=C1c2ccccc2[C@H](Nc2ccc(Br)cc2F)N1c1cccnc1. The zero-order valence-electron chi connectivity index (χ0n) is 13.0. The summed E-state index contributed by atoms with van der Waals surface area (Å²) in [6, 6.07) is 15.7. The number of carbonyl (C=O) groups excluding carboxylic acids is 1. The van der Waals surface area contributed by atoms with Crippen molar-refractivity contribution in [2.75, 3.05) is 10.2 Å². The summed E-state index contributed by atoms with van der Waals surface area (Å²) in [5.41, 5.74) is 2.38. The van der Waals surface area contributed by atoms with Gasteiger partial charge >= 0.3 is 0 Å². The van der Waals surface area contributed by atoms with Crippen molar-refractivity contribution in [3.63, 3.8) is 0 Å². The molecule has 0 unspecified atom stereocenters. The van der Waals surface area contributed by atoms with Gasteiger partial charge in [-0.3, -0.25) is 14.7 Å². The summed E-state index contributed by atoms with van der Waals surface area (Å²) in [6.07, 6.45) is 2.76. The summed E-state index contributed by atoms with van der Waals surface area (Å²) >= 11 is 3.25. The molecule has 25 heavy (non-hydrogen) atoms. The Bertz CT molecular complexity index is 948. The maximum Gasteiger partial charge on any atom is 0.260 e. The van der Waals surface area contributed by atoms with E-state index in [1.165, 1.54) is 6.07 Å². The molecule has 1 atom stereocenters. The number of fused-ring (bicyclic) bond motifs is 1. The normalized spacial score (nSPS) is 16.0. The summed E-state index contributed by atoms with van der Waals surface area (Å²) in [7, 11) is 0. The van der Waals surface area contributed by atoms with Crippen molar-refractivity contribution in [2.45, 2.75) is 6.17 Å². The highest BCUT2D eigenvalue weighted by molar-refractivity contribution is 9.10. The van der Waals surface area contributed by atoms with Crippen molar-refractivity contribution < 1.29 is 9.18 Å². The second-order valence-corrected chi connectivity index (χ2v) is 6.56. The Morgan fingerprint density at radius 2 is 1.96 bits per heavy atom. The van der Waals surface area contributed by atoms with E-state index >= 15 is 0 Å². The van der Waals surface area contributed by atoms with Crippen LogP contribution >= 0.6 is 15.9 Å². The zero-order chi connectivity index (χ0) is 17.4. The molecule has 6 heteroatoms. The monoisotopic (exact) mass is 397 g/mol. The molecular weight excluding hydrogens is 385 g/mol. The number of anilines is 2. The van der Waals surface area contributed by atoms with Crippen LogP contribution in [0.5, 0.6) is 0 Å². The minimum atomic E-state index is -0.511. The molecule has 0 bridgehead atoms. The molecule has 0 saturated carbocycles. The molecule has 124 valence electrons. The van der Waals surface area contributed by atoms with E-state index in [-0.39, 0.29) is 5.91 Å². The number of carbonyl (C=O) groups is 1. The van der Waals surface area contributed by atoms with E-state index in [9.17, 15) is 9.18 Å². The van der Waals surface area contributed by atoms with Gasteiger partial charge in [0.15, 0.2) is 0 Å². The molecule has 0 aliphatic carbocycles. The topological polar surface area (TPSA) is 45.2 Å². The van der Waals surface area contributed by atoms with Gasteiger partial charge in [-0.05, 0) is 36.4 Å². The fraction of sp³-hybridized carbons (Fsp3) is 0.0526. The Balaban J connectivity index is 1.80. The largest absolute Gasteiger partial charge is 0.359 e. The van der Waals surface area contributed by atoms with Crippen LogP contribution in [0.3, 0.4) is 0 Å². The third-order valence-corrected chi connectivity index (χ3v) is 4.60. The molecule has 0 radical (unpaired) electrons. The third-order valence-electron chi connectivity index (χ3n) is 4.11. The van der Waals surface area contributed by atoms with Crippen LogP contribution in [-0.2, 0) is 0 Å². The molecule has 4 rings (SSSR count). The van der Waals surface area contributed by atoms with Crippen LogP contribution in [0.4, 0.5) is 15.8 Å². The molecule has 3 aromatic rings. The Hall–Kier alpha value is -2.73. The smallest absolute Gasteiger partial charge is 0.260 e. The molecule has 0 saturated heterocycles. The lowest BCUT2D eigenvalue weighted by Crippen LogP contribution is -2.32. The molecule has 1 aliphatic heterocycles. The number of rotatable bonds is 3. The fourth-order valence-electron chi connectivity index (χ4n) is 2.98. The average molecular weight is 398 g/mol. The van der Waals surface area contributed by atoms with Crippen LogP contribution in [0, 0.1) is 5.82 Å². The molecule has 2 heterocycles. The van der Waals surface area contributed by atoms with E-state index in [1.54, 1.807) is 41.6 Å². The first-order chi connectivity index (χ1) is 12.1. The minimum Gasteiger partial charge on any atom is -0.359 e. The number of nitrogens with zero attached hydrogens (tertiary/aromatic N) is 2. The zero-order valence-corrected chi connectivity index (χ0v) is 14.6. The second-order valence-electron chi connectivity index (χ2n) is 5.64. The lowest BCUT2D eigenvalue weighted by Gasteiger charge is -2.27. The summed E-state index contributed by atoms with van der Waals surface area (Å²) in [6.45, 7) is 0. The first-order valence-corrected chi connectivity index (χ1v) is 8.48. The molecule has 2 aromatic carbocycles. The van der Waals surface area contributed by atoms with Crippen LogP contribution in [-0.4, -0.2) is 10.9 Å². The minimum absolute atomic E-state index is 0.140. The number of nitrogens with one attached hydrogen (secondary N) is 1. The number of aromatic nitrogens is 1. The summed E-state index contributed by atoms with van der Waals surface area (Å²) in [5, 5.41) is 3.15. The number of hydrogen-bond donors (Lipinski definition) is 1. The maximum atomic E-state index is 14.3. The van der Waals surface area contributed by atoms with Gasteiger partial charge in [0.2, 0.25) is 0 Å². The van der Waals surface area contributed by atoms with Crippen LogP contribution in [0.15, 0.2) is 71.5 Å². The molecule has 0 fully saturated rings. The predicted octanol–water partition coefficient (Wildman–Crippen LogP) is 4.75. The van der Waals surface area contributed by atoms with Crippen LogP contribution in [0.25, 0.3) is 0 Å². The van der Waals surface area contributed by atoms with Gasteiger partial charge < -0.3 is 5.32 Å². The lowest BCUT2D eigenvalue weighted by molar-refractivity contribution is 0.0993. The van der Waals surface area contributed by atoms with Gasteiger partial charge in [0.05, 0.1) is 17.6 Å². The van der Waals surface area contributed by atoms with E-state index in [0.717, 1.165) is 5.56 Å². The Morgan fingerprint density at radius 3 is 2.72 bits per heavy atom. The van der Waals surface area contributed by atoms with Crippen molar-refractivity contribution in [1.29, 1.82) is 0 Å². The van der Waals surface area contributed by atoms with E-state index in [1.807, 2.05) is 24.3 Å². The van der Waals surface area contributed by atoms with E-state index in [0.29, 0.717) is 21.4 Å². The van der Waals surface area contributed by atoms with Gasteiger partial charge in [-0.25, -0.2) is 4.39 Å². The standard InChI is InChI=1S/C19H13BrFN3O/c20-12-7-8-17(16(21)10-12)23-18-14-5-1-2-6-15(14)19(25)24(18)13-4-3-9-22-11-13/h1-11,18,23H/t18-/m1/s1. The van der Waals surface area contributed by atoms with E-state index < -0.39 is 12.0 Å². The van der Waals surface area contributed by atoms with Crippen molar-refractivity contribution in [2.24, 2.45) is 0 Å². The lowest BCUT2D eigenvalue weighted by atomic mass is 10.1. The number of pyridine rings is 1. The van der Waals surface area contributed by atoms with E-state index in [2.05, 4.69) is 26.2 Å². The number of benzene rings is 2. The van der Waals surface area contributed by atoms with E-state index in [4.69, 9.17) is 0 Å². The summed E-state index contributed by atoms with van der Waals surface area (Å²) in [5.74, 6) is -0.532. The highest BCUT2D eigenvalue weighted by Crippen LogP contribution is 2.38. The van der Waals surface area contributed by atoms with Gasteiger partial charge in [-0.2, -0.15) is 0 Å². The van der Waals surface area contributed by atoms with Gasteiger partial charge in [-0.1, -0.05) is 34.1 Å². The molecular formula is C19H13BrFN3O. The van der Waals surface area contributed by atoms with Crippen LogP contribution in [0.2, 0.25) is 0 Å². The van der Waals surface area contributed by atoms with Crippen molar-refractivity contribution in [3.05, 3.63) is 88.4 Å². The number of halogens is 2. The Labute approximate surface area is 152 Å². The summed E-state index contributed by atoms with van der Waals surface area (Å²) in [4.78, 5) is 18.6. The number of amides is 1. The van der Waals surface area contributed by atoms with Gasteiger partial charge in [-0.15, -0.1) is 0 Å². The van der Waals surface area contributed by atoms with Crippen LogP contribution in [0.1, 0.15) is 22.1 Å². The van der Waals surface area contributed by atoms with Gasteiger partial charge in [0.1, 0.15) is 12.0 Å². The van der Waals surface area contributed by atoms with Crippen LogP contribution < -0.4 is 10.2 Å². The molecule has 1 amide bonds. The second kappa shape index (κ2) is 6.29. The first kappa shape index (κ1) is 15.8. The molecule has 1 aromatic heterocycles. The van der Waals surface area contributed by atoms with Crippen molar-refractivity contribution in [1.82, 2.24) is 4.98 Å². The molecule has 0 spiro atoms. The van der Waals surface area contributed by atoms with Gasteiger partial charge in [0, 0.05) is 21.8 Å². The highest BCUT2D eigenvalue weighted by atomic mass is 79.9. The van der Waals surface area contributed by atoms with Gasteiger partial charge in [0.25, 0.3) is 5.91 Å². The van der Waals surface area contributed by atoms with Crippen molar-refractivity contribution in [3.8, 4) is 0 Å². The molecule has 1 N–H and O–H groups in total. The first-order valence-electron chi connectivity index (χ1n) is 7.69. The summed E-state index contributed by atoms with van der Waals surface area (Å²) < 4.78 is 15.0. The Morgan fingerprint density at radius 1 is 1.12 bits per heavy atom. The average Bonchev–Trinajstić information content (AvgIpc) is 2.91.